The van der Waals surface area contributed by atoms with E-state index in [0.29, 0.717) is 12.4 Å². The number of amides is 1. The summed E-state index contributed by atoms with van der Waals surface area (Å²) in [6, 6.07) is 6.99. The molecule has 1 rings (SSSR count). The average Bonchev–Trinajstić information content (AvgIpc) is 2.49. The second kappa shape index (κ2) is 8.84. The van der Waals surface area contributed by atoms with Crippen molar-refractivity contribution in [3.8, 4) is 11.5 Å². The van der Waals surface area contributed by atoms with Crippen molar-refractivity contribution < 1.29 is 24.2 Å². The summed E-state index contributed by atoms with van der Waals surface area (Å²) in [6.07, 6.45) is 0.938. The van der Waals surface area contributed by atoms with Crippen molar-refractivity contribution in [3.63, 3.8) is 0 Å². The molecule has 1 atom stereocenters. The largest absolute Gasteiger partial charge is 0.494 e. The summed E-state index contributed by atoms with van der Waals surface area (Å²) in [5, 5.41) is 11.2. The van der Waals surface area contributed by atoms with Crippen molar-refractivity contribution in [1.82, 2.24) is 5.32 Å². The third-order valence-corrected chi connectivity index (χ3v) is 2.69. The number of carbonyl (C=O) groups is 2. The lowest BCUT2D eigenvalue weighted by Crippen LogP contribution is -2.34. The van der Waals surface area contributed by atoms with Crippen LogP contribution in [0.15, 0.2) is 24.3 Å². The molecule has 116 valence electrons. The van der Waals surface area contributed by atoms with Gasteiger partial charge in [0.2, 0.25) is 0 Å². The standard InChI is InChI=1S/C15H21NO5/c1-3-8-20-12-4-6-13(7-5-12)21-10-14(17)16-9-11(2)15(18)19/h4-7,11H,3,8-10H2,1-2H3,(H,16,17)(H,18,19). The fourth-order valence-electron chi connectivity index (χ4n) is 1.41. The number of hydrogen-bond donors (Lipinski definition) is 2. The number of hydrogen-bond acceptors (Lipinski definition) is 4. The number of carboxylic acid groups (broad SMARTS) is 1. The van der Waals surface area contributed by atoms with Crippen LogP contribution >= 0.6 is 0 Å². The fourth-order valence-corrected chi connectivity index (χ4v) is 1.41. The van der Waals surface area contributed by atoms with Gasteiger partial charge in [-0.1, -0.05) is 13.8 Å². The van der Waals surface area contributed by atoms with Gasteiger partial charge >= 0.3 is 5.97 Å². The molecule has 0 radical (unpaired) electrons. The van der Waals surface area contributed by atoms with Gasteiger partial charge < -0.3 is 19.9 Å². The highest BCUT2D eigenvalue weighted by molar-refractivity contribution is 5.78. The number of ether oxygens (including phenoxy) is 2. The average molecular weight is 295 g/mol. The van der Waals surface area contributed by atoms with Crippen LogP contribution in [-0.4, -0.2) is 36.7 Å². The molecule has 0 heterocycles. The predicted molar refractivity (Wildman–Crippen MR) is 77.5 cm³/mol. The van der Waals surface area contributed by atoms with E-state index in [2.05, 4.69) is 5.32 Å². The van der Waals surface area contributed by atoms with Gasteiger partial charge in [0.15, 0.2) is 6.61 Å². The van der Waals surface area contributed by atoms with Crippen molar-refractivity contribution in [2.75, 3.05) is 19.8 Å². The van der Waals surface area contributed by atoms with Gasteiger partial charge in [-0.05, 0) is 30.7 Å². The highest BCUT2D eigenvalue weighted by Gasteiger charge is 2.12. The van der Waals surface area contributed by atoms with E-state index in [1.165, 1.54) is 6.92 Å². The Morgan fingerprint density at radius 1 is 1.19 bits per heavy atom. The minimum absolute atomic E-state index is 0.0846. The summed E-state index contributed by atoms with van der Waals surface area (Å²) in [5.41, 5.74) is 0. The molecule has 0 aliphatic rings. The molecule has 1 unspecified atom stereocenters. The van der Waals surface area contributed by atoms with Gasteiger partial charge in [-0.2, -0.15) is 0 Å². The van der Waals surface area contributed by atoms with Gasteiger partial charge in [0.1, 0.15) is 11.5 Å². The van der Waals surface area contributed by atoms with Crippen LogP contribution in [-0.2, 0) is 9.59 Å². The second-order valence-electron chi connectivity index (χ2n) is 4.65. The van der Waals surface area contributed by atoms with E-state index >= 15 is 0 Å². The Bertz CT molecular complexity index is 458. The molecule has 1 amide bonds. The number of rotatable bonds is 9. The molecular formula is C15H21NO5. The molecular weight excluding hydrogens is 274 g/mol. The van der Waals surface area contributed by atoms with Gasteiger partial charge in [-0.3, -0.25) is 9.59 Å². The number of nitrogens with one attached hydrogen (secondary N) is 1. The quantitative estimate of drug-likeness (QED) is 0.724. The van der Waals surface area contributed by atoms with Gasteiger partial charge in [0, 0.05) is 6.54 Å². The topological polar surface area (TPSA) is 84.9 Å². The van der Waals surface area contributed by atoms with E-state index in [1.807, 2.05) is 6.92 Å². The summed E-state index contributed by atoms with van der Waals surface area (Å²) >= 11 is 0. The van der Waals surface area contributed by atoms with Crippen LogP contribution in [0.4, 0.5) is 0 Å². The van der Waals surface area contributed by atoms with Crippen molar-refractivity contribution in [2.24, 2.45) is 5.92 Å². The molecule has 0 spiro atoms. The Morgan fingerprint density at radius 3 is 2.29 bits per heavy atom. The zero-order valence-electron chi connectivity index (χ0n) is 12.3. The van der Waals surface area contributed by atoms with E-state index in [1.54, 1.807) is 24.3 Å². The third-order valence-electron chi connectivity index (χ3n) is 2.69. The molecule has 1 aromatic carbocycles. The summed E-state index contributed by atoms with van der Waals surface area (Å²) < 4.78 is 10.7. The Kier molecular flexibility index (Phi) is 7.08. The monoisotopic (exact) mass is 295 g/mol. The Hall–Kier alpha value is -2.24. The number of carboxylic acids is 1. The second-order valence-corrected chi connectivity index (χ2v) is 4.65. The van der Waals surface area contributed by atoms with E-state index in [0.717, 1.165) is 12.2 Å². The minimum Gasteiger partial charge on any atom is -0.494 e. The first kappa shape index (κ1) is 16.8. The molecule has 0 aliphatic heterocycles. The molecule has 0 saturated heterocycles. The molecule has 6 nitrogen and oxygen atoms in total. The minimum atomic E-state index is -0.945. The zero-order chi connectivity index (χ0) is 15.7. The van der Waals surface area contributed by atoms with Crippen molar-refractivity contribution in [3.05, 3.63) is 24.3 Å². The lowest BCUT2D eigenvalue weighted by Gasteiger charge is -2.10. The smallest absolute Gasteiger partial charge is 0.308 e. The molecule has 2 N–H and O–H groups in total. The van der Waals surface area contributed by atoms with Crippen LogP contribution in [0, 0.1) is 5.92 Å². The first-order chi connectivity index (χ1) is 10.0. The van der Waals surface area contributed by atoms with E-state index < -0.39 is 11.9 Å². The molecule has 0 aliphatic carbocycles. The Morgan fingerprint density at radius 2 is 1.76 bits per heavy atom. The van der Waals surface area contributed by atoms with Crippen molar-refractivity contribution in [1.29, 1.82) is 0 Å². The molecule has 0 saturated carbocycles. The maximum atomic E-state index is 11.5. The van der Waals surface area contributed by atoms with E-state index in [-0.39, 0.29) is 19.1 Å². The molecule has 0 bridgehead atoms. The number of benzene rings is 1. The van der Waals surface area contributed by atoms with E-state index in [4.69, 9.17) is 14.6 Å². The Balaban J connectivity index is 2.31. The Labute approximate surface area is 124 Å². The van der Waals surface area contributed by atoms with Crippen molar-refractivity contribution >= 4 is 11.9 Å². The highest BCUT2D eigenvalue weighted by atomic mass is 16.5. The van der Waals surface area contributed by atoms with Gasteiger partial charge in [-0.25, -0.2) is 0 Å². The normalized spacial score (nSPS) is 11.5. The van der Waals surface area contributed by atoms with Gasteiger partial charge in [0.05, 0.1) is 12.5 Å². The van der Waals surface area contributed by atoms with E-state index in [9.17, 15) is 9.59 Å². The molecule has 1 aromatic rings. The maximum Gasteiger partial charge on any atom is 0.308 e. The van der Waals surface area contributed by atoms with Crippen LogP contribution in [0.2, 0.25) is 0 Å². The molecule has 6 heteroatoms. The van der Waals surface area contributed by atoms with Gasteiger partial charge in [-0.15, -0.1) is 0 Å². The third kappa shape index (κ3) is 6.65. The number of aliphatic carboxylic acids is 1. The van der Waals surface area contributed by atoms with Crippen LogP contribution in [0.3, 0.4) is 0 Å². The predicted octanol–water partition coefficient (Wildman–Crippen LogP) is 1.69. The molecule has 21 heavy (non-hydrogen) atoms. The highest BCUT2D eigenvalue weighted by Crippen LogP contribution is 2.17. The van der Waals surface area contributed by atoms with Crippen LogP contribution in [0.1, 0.15) is 20.3 Å². The first-order valence-electron chi connectivity index (χ1n) is 6.88. The maximum absolute atomic E-state index is 11.5. The number of carbonyl (C=O) groups excluding carboxylic acids is 1. The van der Waals surface area contributed by atoms with Crippen LogP contribution < -0.4 is 14.8 Å². The van der Waals surface area contributed by atoms with Crippen LogP contribution in [0.5, 0.6) is 11.5 Å². The lowest BCUT2D eigenvalue weighted by molar-refractivity contribution is -0.141. The summed E-state index contributed by atoms with van der Waals surface area (Å²) in [6.45, 7) is 4.15. The molecule has 0 fully saturated rings. The van der Waals surface area contributed by atoms with Crippen LogP contribution in [0.25, 0.3) is 0 Å². The SMILES string of the molecule is CCCOc1ccc(OCC(=O)NCC(C)C(=O)O)cc1. The summed E-state index contributed by atoms with van der Waals surface area (Å²) in [4.78, 5) is 22.1. The summed E-state index contributed by atoms with van der Waals surface area (Å²) in [7, 11) is 0. The lowest BCUT2D eigenvalue weighted by atomic mass is 10.2. The fraction of sp³-hybridized carbons (Fsp3) is 0.467. The van der Waals surface area contributed by atoms with Gasteiger partial charge in [0.25, 0.3) is 5.91 Å². The zero-order valence-corrected chi connectivity index (χ0v) is 12.3. The summed E-state index contributed by atoms with van der Waals surface area (Å²) in [5.74, 6) is -0.610. The first-order valence-corrected chi connectivity index (χ1v) is 6.88. The molecule has 0 aromatic heterocycles. The van der Waals surface area contributed by atoms with Crippen molar-refractivity contribution in [2.45, 2.75) is 20.3 Å².